The summed E-state index contributed by atoms with van der Waals surface area (Å²) in [5.41, 5.74) is 5.18. The minimum Gasteiger partial charge on any atom is -0.478 e. The van der Waals surface area contributed by atoms with E-state index in [1.54, 1.807) is 22.9 Å². The molecule has 1 heterocycles. The molecule has 1 rings (SSSR count). The van der Waals surface area contributed by atoms with Crippen molar-refractivity contribution in [2.45, 2.75) is 19.4 Å². The molecule has 0 aliphatic carbocycles. The van der Waals surface area contributed by atoms with Crippen molar-refractivity contribution in [1.82, 2.24) is 9.88 Å². The number of hydrogen-bond acceptors (Lipinski definition) is 4. The van der Waals surface area contributed by atoms with Gasteiger partial charge in [-0.1, -0.05) is 0 Å². The summed E-state index contributed by atoms with van der Waals surface area (Å²) in [6.07, 6.45) is 3.41. The number of nitrogens with one attached hydrogen (secondary N) is 1. The van der Waals surface area contributed by atoms with Crippen molar-refractivity contribution in [2.75, 3.05) is 20.2 Å². The molecule has 18 heavy (non-hydrogen) atoms. The topological polar surface area (TPSA) is 86.3 Å². The molecule has 6 heteroatoms. The summed E-state index contributed by atoms with van der Waals surface area (Å²) in [7, 11) is 1.52. The lowest BCUT2D eigenvalue weighted by Gasteiger charge is -2.08. The fraction of sp³-hybridized carbons (Fsp3) is 0.500. The highest BCUT2D eigenvalue weighted by Crippen LogP contribution is 2.02. The van der Waals surface area contributed by atoms with Crippen LogP contribution in [0.4, 0.5) is 0 Å². The first-order valence-corrected chi connectivity index (χ1v) is 5.92. The molecule has 0 saturated heterocycles. The summed E-state index contributed by atoms with van der Waals surface area (Å²) in [5.74, 6) is -0.0817. The van der Waals surface area contributed by atoms with Crippen molar-refractivity contribution in [2.24, 2.45) is 5.73 Å². The Morgan fingerprint density at radius 3 is 2.94 bits per heavy atom. The number of aryl methyl sites for hydroxylation is 1. The molecule has 0 saturated carbocycles. The zero-order valence-corrected chi connectivity index (χ0v) is 10.5. The largest absolute Gasteiger partial charge is 0.478 e. The lowest BCUT2D eigenvalue weighted by Crippen LogP contribution is -2.28. The predicted octanol–water partition coefficient (Wildman–Crippen LogP) is -0.288. The third kappa shape index (κ3) is 4.21. The van der Waals surface area contributed by atoms with Gasteiger partial charge in [-0.05, 0) is 31.5 Å². The maximum absolute atomic E-state index is 11.9. The summed E-state index contributed by atoms with van der Waals surface area (Å²) >= 11 is 0. The zero-order chi connectivity index (χ0) is 13.4. The molecule has 0 fully saturated rings. The average Bonchev–Trinajstić information content (AvgIpc) is 2.39. The molecule has 0 bridgehead atoms. The van der Waals surface area contributed by atoms with Crippen LogP contribution in [-0.2, 0) is 11.3 Å². The van der Waals surface area contributed by atoms with Crippen LogP contribution < -0.4 is 21.3 Å². The van der Waals surface area contributed by atoms with Gasteiger partial charge >= 0.3 is 0 Å². The van der Waals surface area contributed by atoms with E-state index in [0.29, 0.717) is 13.1 Å². The van der Waals surface area contributed by atoms with Gasteiger partial charge in [0.05, 0.1) is 0 Å². The number of rotatable bonds is 7. The average molecular weight is 253 g/mol. The number of nitrogens with zero attached hydrogens (tertiary/aromatic N) is 1. The molecule has 0 aliphatic rings. The lowest BCUT2D eigenvalue weighted by atomic mass is 10.3. The van der Waals surface area contributed by atoms with Gasteiger partial charge in [0.2, 0.25) is 0 Å². The molecule has 0 aliphatic heterocycles. The quantitative estimate of drug-likeness (QED) is 0.654. The Hall–Kier alpha value is -1.82. The molecule has 0 spiro atoms. The monoisotopic (exact) mass is 253 g/mol. The van der Waals surface area contributed by atoms with E-state index in [1.807, 2.05) is 0 Å². The minimum absolute atomic E-state index is 0.154. The Bertz CT molecular complexity index is 442. The van der Waals surface area contributed by atoms with Crippen molar-refractivity contribution in [3.63, 3.8) is 0 Å². The predicted molar refractivity (Wildman–Crippen MR) is 68.6 cm³/mol. The molecular formula is C12H19N3O3. The second-order valence-corrected chi connectivity index (χ2v) is 3.83. The van der Waals surface area contributed by atoms with Gasteiger partial charge in [-0.3, -0.25) is 9.59 Å². The van der Waals surface area contributed by atoms with Crippen LogP contribution in [0.5, 0.6) is 5.75 Å². The highest BCUT2D eigenvalue weighted by atomic mass is 16.5. The van der Waals surface area contributed by atoms with E-state index in [-0.39, 0.29) is 23.8 Å². The number of carbonyl (C=O) groups excluding carboxylic acids is 1. The van der Waals surface area contributed by atoms with Crippen LogP contribution >= 0.6 is 0 Å². The number of hydrogen-bond donors (Lipinski definition) is 2. The summed E-state index contributed by atoms with van der Waals surface area (Å²) < 4.78 is 6.73. The number of carbonyl (C=O) groups is 1. The SMILES string of the molecule is CNC(=O)COc1cccn(CCCCN)c1=O. The van der Waals surface area contributed by atoms with E-state index < -0.39 is 0 Å². The van der Waals surface area contributed by atoms with Crippen LogP contribution in [0.15, 0.2) is 23.1 Å². The second kappa shape index (κ2) is 7.50. The maximum Gasteiger partial charge on any atom is 0.292 e. The van der Waals surface area contributed by atoms with Crippen molar-refractivity contribution in [3.05, 3.63) is 28.7 Å². The standard InChI is InChI=1S/C12H19N3O3/c1-14-11(16)9-18-10-5-4-8-15(12(10)17)7-3-2-6-13/h4-5,8H,2-3,6-7,9,13H2,1H3,(H,14,16). The van der Waals surface area contributed by atoms with Crippen molar-refractivity contribution < 1.29 is 9.53 Å². The highest BCUT2D eigenvalue weighted by Gasteiger charge is 2.06. The molecule has 6 nitrogen and oxygen atoms in total. The molecule has 0 atom stereocenters. The summed E-state index contributed by atoms with van der Waals surface area (Å²) in [6, 6.07) is 3.29. The number of ether oxygens (including phenoxy) is 1. The fourth-order valence-electron chi connectivity index (χ4n) is 1.44. The van der Waals surface area contributed by atoms with Crippen LogP contribution in [0.25, 0.3) is 0 Å². The molecule has 0 unspecified atom stereocenters. The van der Waals surface area contributed by atoms with Gasteiger partial charge in [0.25, 0.3) is 11.5 Å². The first-order chi connectivity index (χ1) is 8.69. The number of nitrogens with two attached hydrogens (primary N) is 1. The smallest absolute Gasteiger partial charge is 0.292 e. The molecule has 1 aromatic heterocycles. The third-order valence-electron chi connectivity index (χ3n) is 2.48. The van der Waals surface area contributed by atoms with Gasteiger partial charge < -0.3 is 20.4 Å². The first kappa shape index (κ1) is 14.2. The van der Waals surface area contributed by atoms with Crippen molar-refractivity contribution in [1.29, 1.82) is 0 Å². The van der Waals surface area contributed by atoms with Crippen LogP contribution in [0, 0.1) is 0 Å². The van der Waals surface area contributed by atoms with Gasteiger partial charge in [-0.2, -0.15) is 0 Å². The normalized spacial score (nSPS) is 10.1. The fourth-order valence-corrected chi connectivity index (χ4v) is 1.44. The number of aromatic nitrogens is 1. The Morgan fingerprint density at radius 1 is 1.50 bits per heavy atom. The summed E-state index contributed by atoms with van der Waals surface area (Å²) in [5, 5.41) is 2.42. The van der Waals surface area contributed by atoms with Crippen LogP contribution in [0.2, 0.25) is 0 Å². The van der Waals surface area contributed by atoms with Crippen molar-refractivity contribution in [3.8, 4) is 5.75 Å². The Labute approximate surface area is 106 Å². The zero-order valence-electron chi connectivity index (χ0n) is 10.5. The Morgan fingerprint density at radius 2 is 2.28 bits per heavy atom. The molecule has 100 valence electrons. The third-order valence-corrected chi connectivity index (χ3v) is 2.48. The van der Waals surface area contributed by atoms with E-state index in [2.05, 4.69) is 5.32 Å². The van der Waals surface area contributed by atoms with Gasteiger partial charge in [0.1, 0.15) is 0 Å². The second-order valence-electron chi connectivity index (χ2n) is 3.83. The molecule has 1 amide bonds. The maximum atomic E-state index is 11.9. The summed E-state index contributed by atoms with van der Waals surface area (Å²) in [6.45, 7) is 1.06. The number of unbranched alkanes of at least 4 members (excludes halogenated alkanes) is 1. The van der Waals surface area contributed by atoms with Gasteiger partial charge in [0, 0.05) is 19.8 Å². The van der Waals surface area contributed by atoms with Crippen LogP contribution in [-0.4, -0.2) is 30.7 Å². The minimum atomic E-state index is -0.270. The van der Waals surface area contributed by atoms with E-state index >= 15 is 0 Å². The Kier molecular flexibility index (Phi) is 5.93. The molecular weight excluding hydrogens is 234 g/mol. The van der Waals surface area contributed by atoms with Crippen LogP contribution in [0.1, 0.15) is 12.8 Å². The van der Waals surface area contributed by atoms with Gasteiger partial charge in [0.15, 0.2) is 12.4 Å². The number of pyridine rings is 1. The number of likely N-dealkylation sites (N-methyl/N-ethyl adjacent to an activating group) is 1. The van der Waals surface area contributed by atoms with E-state index in [1.165, 1.54) is 7.05 Å². The van der Waals surface area contributed by atoms with E-state index in [4.69, 9.17) is 10.5 Å². The summed E-state index contributed by atoms with van der Waals surface area (Å²) in [4.78, 5) is 23.0. The molecule has 0 radical (unpaired) electrons. The van der Waals surface area contributed by atoms with E-state index in [9.17, 15) is 9.59 Å². The van der Waals surface area contributed by atoms with Crippen molar-refractivity contribution >= 4 is 5.91 Å². The molecule has 0 aromatic carbocycles. The number of amides is 1. The lowest BCUT2D eigenvalue weighted by molar-refractivity contribution is -0.122. The van der Waals surface area contributed by atoms with Crippen LogP contribution in [0.3, 0.4) is 0 Å². The van der Waals surface area contributed by atoms with Gasteiger partial charge in [-0.15, -0.1) is 0 Å². The molecule has 3 N–H and O–H groups in total. The van der Waals surface area contributed by atoms with E-state index in [0.717, 1.165) is 12.8 Å². The highest BCUT2D eigenvalue weighted by molar-refractivity contribution is 5.77. The Balaban J connectivity index is 2.66. The molecule has 1 aromatic rings. The van der Waals surface area contributed by atoms with Gasteiger partial charge in [-0.25, -0.2) is 0 Å². The first-order valence-electron chi connectivity index (χ1n) is 5.92.